The van der Waals surface area contributed by atoms with Crippen LogP contribution in [0.5, 0.6) is 0 Å². The van der Waals surface area contributed by atoms with E-state index in [0.717, 1.165) is 24.8 Å². The lowest BCUT2D eigenvalue weighted by Crippen LogP contribution is -2.55. The fourth-order valence-electron chi connectivity index (χ4n) is 5.92. The van der Waals surface area contributed by atoms with E-state index in [1.807, 2.05) is 49.2 Å². The number of esters is 1. The lowest BCUT2D eigenvalue weighted by molar-refractivity contribution is -0.145. The highest BCUT2D eigenvalue weighted by atomic mass is 16.6. The van der Waals surface area contributed by atoms with Gasteiger partial charge in [0, 0.05) is 30.3 Å². The smallest absolute Gasteiger partial charge is 0.311 e. The maximum absolute atomic E-state index is 12.8. The van der Waals surface area contributed by atoms with E-state index in [4.69, 9.17) is 4.74 Å². The van der Waals surface area contributed by atoms with Crippen molar-refractivity contribution in [3.8, 4) is 0 Å². The zero-order valence-corrected chi connectivity index (χ0v) is 18.5. The third kappa shape index (κ3) is 3.41. The number of aliphatic hydroxyl groups excluding tert-OH is 2. The molecule has 30 heavy (non-hydrogen) atoms. The normalized spacial score (nSPS) is 37.8. The number of carbonyl (C=O) groups excluding carboxylic acids is 1. The largest absolute Gasteiger partial charge is 0.461 e. The van der Waals surface area contributed by atoms with Gasteiger partial charge in [0.25, 0.3) is 0 Å². The van der Waals surface area contributed by atoms with E-state index in [1.165, 1.54) is 5.57 Å². The van der Waals surface area contributed by atoms with E-state index in [0.29, 0.717) is 12.5 Å². The van der Waals surface area contributed by atoms with Gasteiger partial charge in [-0.1, -0.05) is 55.8 Å². The summed E-state index contributed by atoms with van der Waals surface area (Å²) in [5, 5.41) is 22.3. The van der Waals surface area contributed by atoms with Gasteiger partial charge < -0.3 is 14.9 Å². The summed E-state index contributed by atoms with van der Waals surface area (Å²) < 4.78 is 5.77. The highest BCUT2D eigenvalue weighted by molar-refractivity contribution is 5.76. The van der Waals surface area contributed by atoms with Gasteiger partial charge in [0.1, 0.15) is 6.10 Å². The van der Waals surface area contributed by atoms with Crippen LogP contribution in [0.1, 0.15) is 51.7 Å². The van der Waals surface area contributed by atoms with Crippen LogP contribution in [-0.4, -0.2) is 52.9 Å². The molecule has 1 aromatic carbocycles. The fraction of sp³-hybridized carbons (Fsp3) is 0.640. The lowest BCUT2D eigenvalue weighted by atomic mass is 9.55. The van der Waals surface area contributed by atoms with Crippen molar-refractivity contribution < 1.29 is 19.7 Å². The fourth-order valence-corrected chi connectivity index (χ4v) is 5.92. The lowest BCUT2D eigenvalue weighted by Gasteiger charge is -2.52. The quantitative estimate of drug-likeness (QED) is 0.572. The van der Waals surface area contributed by atoms with Gasteiger partial charge in [-0.15, -0.1) is 0 Å². The predicted molar refractivity (Wildman–Crippen MR) is 116 cm³/mol. The number of hydrogen-bond donors (Lipinski definition) is 2. The number of allylic oxidation sites excluding steroid dienone is 1. The molecule has 1 heterocycles. The molecule has 0 amide bonds. The third-order valence-corrected chi connectivity index (χ3v) is 8.35. The maximum Gasteiger partial charge on any atom is 0.311 e. The number of likely N-dealkylation sites (N-methyl/N-ethyl adjacent to an activating group) is 1. The van der Waals surface area contributed by atoms with Crippen LogP contribution in [0.2, 0.25) is 0 Å². The molecule has 8 atom stereocenters. The SMILES string of the molecule is C[C@@H]([C@@H](O)c1ccccc1)N(C)C[C@H]1C(=O)O[C@@H]2CC3=CCC[C@H](C)[C@@]3(C)[C@@H](O)[C@H]21. The van der Waals surface area contributed by atoms with Gasteiger partial charge in [-0.25, -0.2) is 0 Å². The van der Waals surface area contributed by atoms with Crippen LogP contribution >= 0.6 is 0 Å². The second-order valence-corrected chi connectivity index (χ2v) is 9.83. The molecule has 5 nitrogen and oxygen atoms in total. The van der Waals surface area contributed by atoms with Crippen molar-refractivity contribution in [2.45, 2.75) is 64.4 Å². The van der Waals surface area contributed by atoms with E-state index in [9.17, 15) is 15.0 Å². The van der Waals surface area contributed by atoms with Gasteiger partial charge in [-0.2, -0.15) is 0 Å². The van der Waals surface area contributed by atoms with Gasteiger partial charge in [0.05, 0.1) is 18.1 Å². The number of rotatable bonds is 5. The van der Waals surface area contributed by atoms with E-state index >= 15 is 0 Å². The van der Waals surface area contributed by atoms with E-state index in [2.05, 4.69) is 19.9 Å². The molecule has 0 bridgehead atoms. The minimum Gasteiger partial charge on any atom is -0.461 e. The molecule has 164 valence electrons. The highest BCUT2D eigenvalue weighted by Gasteiger charge is 2.59. The monoisotopic (exact) mass is 413 g/mol. The maximum atomic E-state index is 12.8. The Morgan fingerprint density at radius 1 is 1.30 bits per heavy atom. The average Bonchev–Trinajstić information content (AvgIpc) is 3.05. The van der Waals surface area contributed by atoms with Crippen molar-refractivity contribution in [3.05, 3.63) is 47.5 Å². The summed E-state index contributed by atoms with van der Waals surface area (Å²) in [6.07, 6.45) is 3.59. The number of fused-ring (bicyclic) bond motifs is 2. The van der Waals surface area contributed by atoms with Gasteiger partial charge in [0.15, 0.2) is 0 Å². The summed E-state index contributed by atoms with van der Waals surface area (Å²) >= 11 is 0. The number of aliphatic hydroxyl groups is 2. The molecule has 0 unspecified atom stereocenters. The van der Waals surface area contributed by atoms with E-state index in [1.54, 1.807) is 0 Å². The topological polar surface area (TPSA) is 70.0 Å². The Bertz CT molecular complexity index is 809. The Kier molecular flexibility index (Phi) is 5.82. The Balaban J connectivity index is 1.52. The number of hydrogen-bond acceptors (Lipinski definition) is 5. The molecule has 4 rings (SSSR count). The van der Waals surface area contributed by atoms with Gasteiger partial charge >= 0.3 is 5.97 Å². The van der Waals surface area contributed by atoms with Crippen molar-refractivity contribution in [3.63, 3.8) is 0 Å². The molecule has 0 spiro atoms. The van der Waals surface area contributed by atoms with Crippen LogP contribution in [0.25, 0.3) is 0 Å². The summed E-state index contributed by atoms with van der Waals surface area (Å²) in [5.41, 5.74) is 1.82. The molecule has 3 aliphatic rings. The first kappa shape index (κ1) is 21.5. The molecular weight excluding hydrogens is 378 g/mol. The first-order chi connectivity index (χ1) is 14.2. The molecule has 1 aliphatic heterocycles. The average molecular weight is 414 g/mol. The van der Waals surface area contributed by atoms with Crippen LogP contribution in [-0.2, 0) is 9.53 Å². The standard InChI is InChI=1S/C25H35NO4/c1-15-9-8-12-18-13-20-21(23(28)25(15,18)3)19(24(29)30-20)14-26(4)16(2)22(27)17-10-6-5-7-11-17/h5-7,10-12,15-16,19-23,27-28H,8-9,13-14H2,1-4H3/t15-,16-,19+,20+,21-,22+,23-,25+/m0/s1. The summed E-state index contributed by atoms with van der Waals surface area (Å²) in [4.78, 5) is 14.9. The number of ether oxygens (including phenoxy) is 1. The number of carbonyl (C=O) groups is 1. The van der Waals surface area contributed by atoms with Crippen LogP contribution in [0.4, 0.5) is 0 Å². The van der Waals surface area contributed by atoms with Crippen molar-refractivity contribution in [1.82, 2.24) is 4.90 Å². The minimum atomic E-state index is -0.647. The summed E-state index contributed by atoms with van der Waals surface area (Å²) in [6.45, 7) is 6.81. The summed E-state index contributed by atoms with van der Waals surface area (Å²) in [5.74, 6) is -0.425. The van der Waals surface area contributed by atoms with Crippen molar-refractivity contribution in [1.29, 1.82) is 0 Å². The van der Waals surface area contributed by atoms with Gasteiger partial charge in [-0.3, -0.25) is 9.69 Å². The molecule has 0 aromatic heterocycles. The zero-order valence-electron chi connectivity index (χ0n) is 18.5. The highest BCUT2D eigenvalue weighted by Crippen LogP contribution is 2.56. The number of benzene rings is 1. The first-order valence-electron chi connectivity index (χ1n) is 11.3. The van der Waals surface area contributed by atoms with Gasteiger partial charge in [-0.05, 0) is 38.3 Å². The zero-order chi connectivity index (χ0) is 21.6. The summed E-state index contributed by atoms with van der Waals surface area (Å²) in [7, 11) is 1.93. The first-order valence-corrected chi connectivity index (χ1v) is 11.3. The Morgan fingerprint density at radius 3 is 2.70 bits per heavy atom. The van der Waals surface area contributed by atoms with Crippen LogP contribution in [0.15, 0.2) is 42.0 Å². The molecule has 2 aliphatic carbocycles. The summed E-state index contributed by atoms with van der Waals surface area (Å²) in [6, 6.07) is 9.43. The predicted octanol–water partition coefficient (Wildman–Crippen LogP) is 3.33. The van der Waals surface area contributed by atoms with Crippen molar-refractivity contribution in [2.24, 2.45) is 23.2 Å². The molecule has 1 aromatic rings. The molecule has 2 fully saturated rings. The minimum absolute atomic E-state index is 0.167. The molecule has 5 heteroatoms. The molecule has 0 radical (unpaired) electrons. The Morgan fingerprint density at radius 2 is 2.00 bits per heavy atom. The van der Waals surface area contributed by atoms with Crippen molar-refractivity contribution >= 4 is 5.97 Å². The number of nitrogens with zero attached hydrogens (tertiary/aromatic N) is 1. The molecule has 1 saturated heterocycles. The second kappa shape index (κ2) is 8.10. The van der Waals surface area contributed by atoms with Crippen LogP contribution in [0.3, 0.4) is 0 Å². The molecule has 2 N–H and O–H groups in total. The second-order valence-electron chi connectivity index (χ2n) is 9.83. The van der Waals surface area contributed by atoms with E-state index < -0.39 is 12.2 Å². The van der Waals surface area contributed by atoms with Crippen LogP contribution < -0.4 is 0 Å². The van der Waals surface area contributed by atoms with E-state index in [-0.39, 0.29) is 35.4 Å². The van der Waals surface area contributed by atoms with Crippen molar-refractivity contribution in [2.75, 3.05) is 13.6 Å². The third-order valence-electron chi connectivity index (χ3n) is 8.35. The Labute approximate surface area is 179 Å². The Hall–Kier alpha value is -1.69. The molecule has 1 saturated carbocycles. The molecular formula is C25H35NO4. The van der Waals surface area contributed by atoms with Gasteiger partial charge in [0.2, 0.25) is 0 Å². The van der Waals surface area contributed by atoms with Crippen LogP contribution in [0, 0.1) is 23.2 Å².